The van der Waals surface area contributed by atoms with Gasteiger partial charge in [0.05, 0.1) is 38.5 Å². The molecule has 2 aliphatic rings. The highest BCUT2D eigenvalue weighted by atomic mass is 35.5. The third kappa shape index (κ3) is 4.51. The van der Waals surface area contributed by atoms with E-state index in [-0.39, 0.29) is 28.2 Å². The Hall–Kier alpha value is -2.96. The van der Waals surface area contributed by atoms with Gasteiger partial charge in [0.1, 0.15) is 6.61 Å². The SMILES string of the molecule is COC(=O)C1=C(C)NC2=C(C(=O)c3ccccc32)[C@@H]1c1cc(Cl)c(OCc2ccc(Cl)c(Cl)c2)c(Cl)c1. The van der Waals surface area contributed by atoms with Crippen molar-refractivity contribution in [2.24, 2.45) is 0 Å². The lowest BCUT2D eigenvalue weighted by Crippen LogP contribution is -2.29. The highest BCUT2D eigenvalue weighted by Gasteiger charge is 2.43. The van der Waals surface area contributed by atoms with Crippen molar-refractivity contribution in [1.82, 2.24) is 5.32 Å². The number of halogens is 4. The Morgan fingerprint density at radius 3 is 2.24 bits per heavy atom. The summed E-state index contributed by atoms with van der Waals surface area (Å²) in [4.78, 5) is 26.5. The minimum absolute atomic E-state index is 0.151. The number of ketones is 1. The first-order valence-electron chi connectivity index (χ1n) is 11.2. The molecule has 0 unspecified atom stereocenters. The summed E-state index contributed by atoms with van der Waals surface area (Å²) in [6.45, 7) is 1.92. The van der Waals surface area contributed by atoms with Crippen LogP contribution in [0.3, 0.4) is 0 Å². The average Bonchev–Trinajstić information content (AvgIpc) is 3.15. The molecule has 1 aliphatic carbocycles. The number of hydrogen-bond donors (Lipinski definition) is 1. The van der Waals surface area contributed by atoms with Crippen LogP contribution in [0.25, 0.3) is 5.70 Å². The largest absolute Gasteiger partial charge is 0.486 e. The summed E-state index contributed by atoms with van der Waals surface area (Å²) in [5.74, 6) is -1.22. The smallest absolute Gasteiger partial charge is 0.336 e. The number of benzene rings is 3. The minimum atomic E-state index is -0.747. The van der Waals surface area contributed by atoms with Gasteiger partial charge in [-0.05, 0) is 42.3 Å². The Morgan fingerprint density at radius 1 is 0.919 bits per heavy atom. The zero-order valence-corrected chi connectivity index (χ0v) is 22.6. The first-order valence-corrected chi connectivity index (χ1v) is 12.7. The van der Waals surface area contributed by atoms with Gasteiger partial charge in [-0.3, -0.25) is 4.79 Å². The second kappa shape index (κ2) is 10.1. The van der Waals surface area contributed by atoms with E-state index in [1.165, 1.54) is 7.11 Å². The Labute approximate surface area is 233 Å². The molecule has 37 heavy (non-hydrogen) atoms. The van der Waals surface area contributed by atoms with Gasteiger partial charge in [0, 0.05) is 28.3 Å². The second-order valence-electron chi connectivity index (χ2n) is 8.60. The van der Waals surface area contributed by atoms with Crippen molar-refractivity contribution in [1.29, 1.82) is 0 Å². The number of Topliss-reactive ketones (excluding diaryl/α,β-unsaturated/α-hetero) is 1. The van der Waals surface area contributed by atoms with E-state index in [4.69, 9.17) is 55.9 Å². The normalized spacial score (nSPS) is 16.4. The fraction of sp³-hybridized carbons (Fsp3) is 0.143. The Morgan fingerprint density at radius 2 is 1.59 bits per heavy atom. The molecule has 0 saturated heterocycles. The molecular weight excluding hydrogens is 556 g/mol. The molecule has 1 heterocycles. The van der Waals surface area contributed by atoms with Crippen LogP contribution in [0.5, 0.6) is 5.75 Å². The number of fused-ring (bicyclic) bond motifs is 2. The molecule has 0 bridgehead atoms. The molecule has 0 fully saturated rings. The summed E-state index contributed by atoms with van der Waals surface area (Å²) in [5, 5.41) is 4.55. The van der Waals surface area contributed by atoms with E-state index in [2.05, 4.69) is 5.32 Å². The van der Waals surface area contributed by atoms with Crippen LogP contribution in [0.4, 0.5) is 0 Å². The first-order chi connectivity index (χ1) is 17.7. The van der Waals surface area contributed by atoms with Crippen LogP contribution >= 0.6 is 46.4 Å². The van der Waals surface area contributed by atoms with Crippen LogP contribution < -0.4 is 10.1 Å². The van der Waals surface area contributed by atoms with E-state index in [0.29, 0.717) is 43.7 Å². The van der Waals surface area contributed by atoms with Gasteiger partial charge in [-0.15, -0.1) is 0 Å². The molecule has 0 aromatic heterocycles. The van der Waals surface area contributed by atoms with Crippen LogP contribution in [0.2, 0.25) is 20.1 Å². The molecule has 1 aliphatic heterocycles. The van der Waals surface area contributed by atoms with Gasteiger partial charge in [-0.1, -0.05) is 76.7 Å². The van der Waals surface area contributed by atoms with Crippen molar-refractivity contribution in [3.63, 3.8) is 0 Å². The van der Waals surface area contributed by atoms with E-state index in [1.54, 1.807) is 49.4 Å². The Balaban J connectivity index is 1.56. The molecule has 0 saturated carbocycles. The van der Waals surface area contributed by atoms with E-state index >= 15 is 0 Å². The predicted octanol–water partition coefficient (Wildman–Crippen LogP) is 7.62. The second-order valence-corrected chi connectivity index (χ2v) is 10.2. The zero-order valence-electron chi connectivity index (χ0n) is 19.6. The standard InChI is InChI=1S/C28H19Cl4NO4/c1-13-22(28(35)36-2)23(24-25(33-13)16-5-3-4-6-17(16)26(24)34)15-10-20(31)27(21(32)11-15)37-12-14-7-8-18(29)19(30)9-14/h3-11,23,33H,12H2,1-2H3/t23-/m1/s1. The summed E-state index contributed by atoms with van der Waals surface area (Å²) in [6, 6.07) is 15.8. The van der Waals surface area contributed by atoms with Crippen LogP contribution in [-0.4, -0.2) is 18.9 Å². The number of allylic oxidation sites excluding steroid dienone is 2. The number of hydrogen-bond acceptors (Lipinski definition) is 5. The van der Waals surface area contributed by atoms with E-state index in [0.717, 1.165) is 11.1 Å². The molecule has 0 spiro atoms. The number of carbonyl (C=O) groups is 2. The summed E-state index contributed by atoms with van der Waals surface area (Å²) < 4.78 is 11.0. The number of ether oxygens (including phenoxy) is 2. The summed E-state index contributed by atoms with van der Waals surface area (Å²) in [6.07, 6.45) is 0. The van der Waals surface area contributed by atoms with Crippen LogP contribution in [0, 0.1) is 0 Å². The Bertz CT molecular complexity index is 1520. The summed E-state index contributed by atoms with van der Waals surface area (Å²) in [7, 11) is 1.30. The number of dihydropyridines is 1. The lowest BCUT2D eigenvalue weighted by molar-refractivity contribution is -0.136. The van der Waals surface area contributed by atoms with Crippen molar-refractivity contribution in [3.05, 3.63) is 114 Å². The molecule has 3 aromatic rings. The summed E-state index contributed by atoms with van der Waals surface area (Å²) >= 11 is 25.4. The zero-order chi connectivity index (χ0) is 26.4. The fourth-order valence-electron chi connectivity index (χ4n) is 4.71. The van der Waals surface area contributed by atoms with Gasteiger partial charge in [-0.25, -0.2) is 4.79 Å². The molecule has 9 heteroatoms. The van der Waals surface area contributed by atoms with Crippen molar-refractivity contribution in [2.45, 2.75) is 19.4 Å². The molecule has 1 atom stereocenters. The quantitative estimate of drug-likeness (QED) is 0.317. The average molecular weight is 575 g/mol. The van der Waals surface area contributed by atoms with Gasteiger partial charge in [0.2, 0.25) is 0 Å². The van der Waals surface area contributed by atoms with Gasteiger partial charge in [0.15, 0.2) is 11.5 Å². The predicted molar refractivity (Wildman–Crippen MR) is 146 cm³/mol. The van der Waals surface area contributed by atoms with E-state index in [9.17, 15) is 9.59 Å². The first kappa shape index (κ1) is 25.7. The third-order valence-electron chi connectivity index (χ3n) is 6.38. The lowest BCUT2D eigenvalue weighted by Gasteiger charge is -2.29. The summed E-state index contributed by atoms with van der Waals surface area (Å²) in [5.41, 5.74) is 4.64. The molecule has 188 valence electrons. The molecule has 3 aromatic carbocycles. The maximum Gasteiger partial charge on any atom is 0.336 e. The molecule has 5 nitrogen and oxygen atoms in total. The van der Waals surface area contributed by atoms with E-state index in [1.807, 2.05) is 12.1 Å². The Kier molecular flexibility index (Phi) is 6.99. The third-order valence-corrected chi connectivity index (χ3v) is 7.68. The highest BCUT2D eigenvalue weighted by Crippen LogP contribution is 2.48. The maximum atomic E-state index is 13.5. The maximum absolute atomic E-state index is 13.5. The molecule has 0 amide bonds. The van der Waals surface area contributed by atoms with Crippen LogP contribution in [0.1, 0.15) is 39.9 Å². The van der Waals surface area contributed by atoms with Crippen molar-refractivity contribution < 1.29 is 19.1 Å². The fourth-order valence-corrected chi connectivity index (χ4v) is 5.65. The number of carbonyl (C=O) groups excluding carboxylic acids is 2. The topological polar surface area (TPSA) is 64.6 Å². The monoisotopic (exact) mass is 573 g/mol. The van der Waals surface area contributed by atoms with Gasteiger partial charge >= 0.3 is 5.97 Å². The van der Waals surface area contributed by atoms with Gasteiger partial charge in [-0.2, -0.15) is 0 Å². The number of nitrogens with one attached hydrogen (secondary N) is 1. The molecule has 0 radical (unpaired) electrons. The minimum Gasteiger partial charge on any atom is -0.486 e. The number of esters is 1. The van der Waals surface area contributed by atoms with Crippen LogP contribution in [-0.2, 0) is 16.1 Å². The molecule has 5 rings (SSSR count). The van der Waals surface area contributed by atoms with Crippen LogP contribution in [0.15, 0.2) is 71.4 Å². The number of rotatable bonds is 5. The molecule has 1 N–H and O–H groups in total. The van der Waals surface area contributed by atoms with Crippen molar-refractivity contribution >= 4 is 63.9 Å². The van der Waals surface area contributed by atoms with Crippen molar-refractivity contribution in [2.75, 3.05) is 7.11 Å². The lowest BCUT2D eigenvalue weighted by atomic mass is 9.80. The van der Waals surface area contributed by atoms with Gasteiger partial charge < -0.3 is 14.8 Å². The molecular formula is C28H19Cl4NO4. The van der Waals surface area contributed by atoms with E-state index < -0.39 is 11.9 Å². The number of methoxy groups -OCH3 is 1. The van der Waals surface area contributed by atoms with Crippen molar-refractivity contribution in [3.8, 4) is 5.75 Å². The highest BCUT2D eigenvalue weighted by molar-refractivity contribution is 6.42. The van der Waals surface area contributed by atoms with Gasteiger partial charge in [0.25, 0.3) is 0 Å².